The molecule has 0 saturated carbocycles. The van der Waals surface area contributed by atoms with E-state index in [9.17, 15) is 8.42 Å². The van der Waals surface area contributed by atoms with E-state index in [4.69, 9.17) is 0 Å². The molecule has 0 amide bonds. The van der Waals surface area contributed by atoms with Gasteiger partial charge in [-0.05, 0) is 32.4 Å². The molecular formula is C12H15N3O2S3. The van der Waals surface area contributed by atoms with E-state index in [-0.39, 0.29) is 0 Å². The molecule has 0 aromatic carbocycles. The van der Waals surface area contributed by atoms with Crippen molar-refractivity contribution in [3.8, 4) is 0 Å². The summed E-state index contributed by atoms with van der Waals surface area (Å²) in [5.74, 6) is 0. The van der Waals surface area contributed by atoms with Crippen LogP contribution in [0.2, 0.25) is 0 Å². The van der Waals surface area contributed by atoms with Crippen molar-refractivity contribution in [3.63, 3.8) is 0 Å². The minimum atomic E-state index is -3.52. The van der Waals surface area contributed by atoms with Crippen molar-refractivity contribution in [3.05, 3.63) is 26.9 Å². The Kier molecular flexibility index (Phi) is 3.80. The van der Waals surface area contributed by atoms with Crippen LogP contribution in [-0.2, 0) is 29.4 Å². The molecule has 2 aromatic rings. The average Bonchev–Trinajstić information content (AvgIpc) is 3.03. The monoisotopic (exact) mass is 329 g/mol. The zero-order chi connectivity index (χ0) is 14.2. The number of nitrogens with zero attached hydrogens (tertiary/aromatic N) is 1. The molecule has 0 aliphatic heterocycles. The first kappa shape index (κ1) is 14.0. The minimum Gasteiger partial charge on any atom is -0.315 e. The maximum Gasteiger partial charge on any atom is 0.264 e. The fourth-order valence-electron chi connectivity index (χ4n) is 2.18. The van der Waals surface area contributed by atoms with Gasteiger partial charge in [-0.2, -0.15) is 0 Å². The van der Waals surface area contributed by atoms with Gasteiger partial charge < -0.3 is 5.32 Å². The third-order valence-electron chi connectivity index (χ3n) is 3.11. The third-order valence-corrected chi connectivity index (χ3v) is 6.71. The van der Waals surface area contributed by atoms with Crippen LogP contribution in [0.1, 0.15) is 21.9 Å². The summed E-state index contributed by atoms with van der Waals surface area (Å²) in [6.45, 7) is 0.672. The summed E-state index contributed by atoms with van der Waals surface area (Å²) in [6, 6.07) is 1.70. The van der Waals surface area contributed by atoms with E-state index in [2.05, 4.69) is 15.0 Å². The number of aromatic nitrogens is 1. The highest BCUT2D eigenvalue weighted by Crippen LogP contribution is 2.32. The van der Waals surface area contributed by atoms with Gasteiger partial charge in [0.2, 0.25) is 0 Å². The standard InChI is InChI=1S/C12H15N3O2S3/c1-13-6-8-5-9(7-18-8)20(16,17)15-12-14-10-3-2-4-11(10)19-12/h5,7,13H,2-4,6H2,1H3,(H,14,15). The minimum absolute atomic E-state index is 0.308. The van der Waals surface area contributed by atoms with Crippen molar-refractivity contribution in [1.82, 2.24) is 10.3 Å². The number of hydrogen-bond donors (Lipinski definition) is 2. The molecule has 3 rings (SSSR count). The number of sulfonamides is 1. The molecular weight excluding hydrogens is 314 g/mol. The highest BCUT2D eigenvalue weighted by atomic mass is 32.2. The molecule has 8 heteroatoms. The highest BCUT2D eigenvalue weighted by Gasteiger charge is 2.21. The van der Waals surface area contributed by atoms with Gasteiger partial charge in [-0.3, -0.25) is 4.72 Å². The summed E-state index contributed by atoms with van der Waals surface area (Å²) in [6.07, 6.45) is 3.09. The van der Waals surface area contributed by atoms with Crippen LogP contribution in [0.25, 0.3) is 0 Å². The molecule has 1 aliphatic carbocycles. The average molecular weight is 329 g/mol. The number of rotatable bonds is 5. The van der Waals surface area contributed by atoms with Crippen LogP contribution in [0.3, 0.4) is 0 Å². The lowest BCUT2D eigenvalue weighted by Crippen LogP contribution is -2.12. The van der Waals surface area contributed by atoms with E-state index >= 15 is 0 Å². The van der Waals surface area contributed by atoms with Gasteiger partial charge in [0.25, 0.3) is 10.0 Å². The van der Waals surface area contributed by atoms with Crippen molar-refractivity contribution in [2.45, 2.75) is 30.7 Å². The number of aryl methyl sites for hydroxylation is 2. The van der Waals surface area contributed by atoms with Gasteiger partial charge in [-0.25, -0.2) is 13.4 Å². The largest absolute Gasteiger partial charge is 0.315 e. The molecule has 2 aromatic heterocycles. The van der Waals surface area contributed by atoms with Crippen LogP contribution in [0, 0.1) is 0 Å². The lowest BCUT2D eigenvalue weighted by molar-refractivity contribution is 0.601. The number of hydrogen-bond acceptors (Lipinski definition) is 6. The van der Waals surface area contributed by atoms with Crippen LogP contribution in [0.5, 0.6) is 0 Å². The molecule has 1 aliphatic rings. The first-order valence-electron chi connectivity index (χ1n) is 6.32. The number of thiazole rings is 1. The van der Waals surface area contributed by atoms with Gasteiger partial charge in [0.15, 0.2) is 5.13 Å². The number of thiophene rings is 1. The van der Waals surface area contributed by atoms with E-state index < -0.39 is 10.0 Å². The van der Waals surface area contributed by atoms with E-state index in [0.29, 0.717) is 16.6 Å². The molecule has 108 valence electrons. The summed E-state index contributed by atoms with van der Waals surface area (Å²) < 4.78 is 27.2. The second-order valence-electron chi connectivity index (χ2n) is 4.63. The summed E-state index contributed by atoms with van der Waals surface area (Å²) in [7, 11) is -1.68. The zero-order valence-electron chi connectivity index (χ0n) is 11.0. The molecule has 0 fully saturated rings. The molecule has 0 radical (unpaired) electrons. The molecule has 0 saturated heterocycles. The number of fused-ring (bicyclic) bond motifs is 1. The zero-order valence-corrected chi connectivity index (χ0v) is 13.4. The summed E-state index contributed by atoms with van der Waals surface area (Å²) in [4.78, 5) is 6.88. The Labute approximate surface area is 126 Å². The van der Waals surface area contributed by atoms with Crippen molar-refractivity contribution in [2.24, 2.45) is 0 Å². The lowest BCUT2D eigenvalue weighted by atomic mass is 10.4. The second-order valence-corrected chi connectivity index (χ2v) is 8.39. The first-order valence-corrected chi connectivity index (χ1v) is 9.50. The molecule has 2 heterocycles. The molecule has 0 spiro atoms. The Bertz CT molecular complexity index is 697. The van der Waals surface area contributed by atoms with E-state index in [1.165, 1.54) is 27.6 Å². The second kappa shape index (κ2) is 5.44. The van der Waals surface area contributed by atoms with Gasteiger partial charge in [0, 0.05) is 21.7 Å². The molecule has 5 nitrogen and oxygen atoms in total. The summed E-state index contributed by atoms with van der Waals surface area (Å²) in [5, 5.41) is 5.15. The van der Waals surface area contributed by atoms with Crippen molar-refractivity contribution in [1.29, 1.82) is 0 Å². The van der Waals surface area contributed by atoms with E-state index in [1.54, 1.807) is 11.4 Å². The third kappa shape index (κ3) is 2.73. The van der Waals surface area contributed by atoms with Gasteiger partial charge in [0.05, 0.1) is 10.6 Å². The van der Waals surface area contributed by atoms with Gasteiger partial charge in [0.1, 0.15) is 0 Å². The van der Waals surface area contributed by atoms with Gasteiger partial charge in [-0.15, -0.1) is 22.7 Å². The topological polar surface area (TPSA) is 71.1 Å². The molecule has 0 bridgehead atoms. The molecule has 2 N–H and O–H groups in total. The first-order chi connectivity index (χ1) is 9.58. The van der Waals surface area contributed by atoms with Crippen LogP contribution in [0.15, 0.2) is 16.3 Å². The summed E-state index contributed by atoms with van der Waals surface area (Å²) >= 11 is 2.89. The quantitative estimate of drug-likeness (QED) is 0.882. The fourth-order valence-corrected chi connectivity index (χ4v) is 5.75. The molecule has 0 atom stereocenters. The van der Waals surface area contributed by atoms with Gasteiger partial charge >= 0.3 is 0 Å². The molecule has 0 unspecified atom stereocenters. The Morgan fingerprint density at radius 1 is 1.40 bits per heavy atom. The predicted molar refractivity (Wildman–Crippen MR) is 82.0 cm³/mol. The molecule has 20 heavy (non-hydrogen) atoms. The SMILES string of the molecule is CNCc1cc(S(=O)(=O)Nc2nc3c(s2)CCC3)cs1. The lowest BCUT2D eigenvalue weighted by Gasteiger charge is -2.02. The number of nitrogens with one attached hydrogen (secondary N) is 2. The normalized spacial score (nSPS) is 14.4. The fraction of sp³-hybridized carbons (Fsp3) is 0.417. The van der Waals surface area contributed by atoms with Crippen LogP contribution >= 0.6 is 22.7 Å². The van der Waals surface area contributed by atoms with E-state index in [1.807, 2.05) is 7.05 Å². The number of anilines is 1. The Morgan fingerprint density at radius 3 is 3.00 bits per heavy atom. The van der Waals surface area contributed by atoms with Crippen LogP contribution < -0.4 is 10.0 Å². The highest BCUT2D eigenvalue weighted by molar-refractivity contribution is 7.93. The smallest absolute Gasteiger partial charge is 0.264 e. The Hall–Kier alpha value is -0.960. The Morgan fingerprint density at radius 2 is 2.25 bits per heavy atom. The maximum absolute atomic E-state index is 12.3. The van der Waals surface area contributed by atoms with Crippen molar-refractivity contribution >= 4 is 37.8 Å². The van der Waals surface area contributed by atoms with Gasteiger partial charge in [-0.1, -0.05) is 0 Å². The van der Waals surface area contributed by atoms with Crippen molar-refractivity contribution in [2.75, 3.05) is 11.8 Å². The van der Waals surface area contributed by atoms with E-state index in [0.717, 1.165) is 29.8 Å². The summed E-state index contributed by atoms with van der Waals surface area (Å²) in [5.41, 5.74) is 1.05. The Balaban J connectivity index is 1.80. The van der Waals surface area contributed by atoms with Crippen molar-refractivity contribution < 1.29 is 8.42 Å². The van der Waals surface area contributed by atoms with Crippen LogP contribution in [0.4, 0.5) is 5.13 Å². The predicted octanol–water partition coefficient (Wildman–Crippen LogP) is 2.21. The maximum atomic E-state index is 12.3. The van der Waals surface area contributed by atoms with Crippen LogP contribution in [-0.4, -0.2) is 20.4 Å².